The first kappa shape index (κ1) is 21.9. The Hall–Kier alpha value is -2.58. The van der Waals surface area contributed by atoms with Gasteiger partial charge < -0.3 is 25.0 Å². The number of ether oxygens (including phenoxy) is 1. The lowest BCUT2D eigenvalue weighted by Crippen LogP contribution is -2.23. The number of nitrogens with zero attached hydrogens (tertiary/aromatic N) is 3. The predicted molar refractivity (Wildman–Crippen MR) is 135 cm³/mol. The van der Waals surface area contributed by atoms with E-state index in [1.54, 1.807) is 11.3 Å². The van der Waals surface area contributed by atoms with E-state index in [9.17, 15) is 9.90 Å². The number of anilines is 2. The average Bonchev–Trinajstić information content (AvgIpc) is 3.59. The van der Waals surface area contributed by atoms with Crippen LogP contribution in [0.3, 0.4) is 0 Å². The monoisotopic (exact) mass is 480 g/mol. The second-order valence-electron chi connectivity index (χ2n) is 10.2. The molecule has 3 aromatic rings. The van der Waals surface area contributed by atoms with Crippen LogP contribution in [0.15, 0.2) is 24.5 Å². The fraction of sp³-hybridized carbons (Fsp3) is 0.538. The molecule has 1 aliphatic heterocycles. The second kappa shape index (κ2) is 8.57. The standard InChI is InChI=1S/C26H32N4O3S/c1-33-26(32)22-23(27)24(34-25(22)29-12-16-9-19(31)10-17(16)13-29)15-7-8-21-20(11-15)28-14-30(21)18-5-3-2-4-6-18/h7-8,11,14,16-19,31H,2-6,9-10,12-13,27H2,1H3/t16-,17+,19-. The third-order valence-electron chi connectivity index (χ3n) is 8.13. The van der Waals surface area contributed by atoms with Gasteiger partial charge in [0.25, 0.3) is 0 Å². The Balaban J connectivity index is 1.36. The maximum atomic E-state index is 12.8. The Morgan fingerprint density at radius 3 is 2.62 bits per heavy atom. The number of nitrogen functional groups attached to an aromatic ring is 1. The molecule has 0 amide bonds. The summed E-state index contributed by atoms with van der Waals surface area (Å²) in [6.07, 6.45) is 9.78. The number of imidazole rings is 1. The molecule has 2 aromatic heterocycles. The van der Waals surface area contributed by atoms with E-state index in [1.165, 1.54) is 39.2 Å². The molecule has 3 atom stereocenters. The van der Waals surface area contributed by atoms with Crippen LogP contribution >= 0.6 is 11.3 Å². The molecular formula is C26H32N4O3S. The van der Waals surface area contributed by atoms with E-state index in [-0.39, 0.29) is 6.10 Å². The Morgan fingerprint density at radius 1 is 1.18 bits per heavy atom. The molecule has 34 heavy (non-hydrogen) atoms. The van der Waals surface area contributed by atoms with Crippen molar-refractivity contribution >= 4 is 39.0 Å². The molecule has 180 valence electrons. The summed E-state index contributed by atoms with van der Waals surface area (Å²) in [6.45, 7) is 1.69. The van der Waals surface area contributed by atoms with Gasteiger partial charge in [-0.15, -0.1) is 11.3 Å². The molecule has 3 aliphatic rings. The normalized spacial score (nSPS) is 25.2. The van der Waals surface area contributed by atoms with E-state index in [1.807, 2.05) is 6.33 Å². The Morgan fingerprint density at radius 2 is 1.91 bits per heavy atom. The summed E-state index contributed by atoms with van der Waals surface area (Å²) in [5.41, 5.74) is 10.7. The van der Waals surface area contributed by atoms with Crippen LogP contribution in [0.25, 0.3) is 21.5 Å². The van der Waals surface area contributed by atoms with Gasteiger partial charge in [0.15, 0.2) is 0 Å². The van der Waals surface area contributed by atoms with Crippen LogP contribution in [0.2, 0.25) is 0 Å². The highest BCUT2D eigenvalue weighted by molar-refractivity contribution is 7.20. The highest BCUT2D eigenvalue weighted by Crippen LogP contribution is 2.49. The molecule has 1 saturated heterocycles. The topological polar surface area (TPSA) is 93.6 Å². The summed E-state index contributed by atoms with van der Waals surface area (Å²) in [7, 11) is 1.40. The highest BCUT2D eigenvalue weighted by atomic mass is 32.1. The second-order valence-corrected chi connectivity index (χ2v) is 11.2. The molecule has 2 aliphatic carbocycles. The molecule has 0 spiro atoms. The summed E-state index contributed by atoms with van der Waals surface area (Å²) in [5, 5.41) is 10.9. The van der Waals surface area contributed by atoms with Crippen molar-refractivity contribution in [1.82, 2.24) is 9.55 Å². The lowest BCUT2D eigenvalue weighted by molar-refractivity contribution is 0.0603. The van der Waals surface area contributed by atoms with Gasteiger partial charge in [0, 0.05) is 19.1 Å². The van der Waals surface area contributed by atoms with Gasteiger partial charge in [0.05, 0.1) is 41.1 Å². The number of carbonyl (C=O) groups is 1. The Labute approximate surface area is 203 Å². The zero-order chi connectivity index (χ0) is 23.4. The summed E-state index contributed by atoms with van der Waals surface area (Å²) >= 11 is 1.57. The number of fused-ring (bicyclic) bond motifs is 2. The maximum Gasteiger partial charge on any atom is 0.343 e. The van der Waals surface area contributed by atoms with E-state index in [0.29, 0.717) is 29.1 Å². The first-order valence-electron chi connectivity index (χ1n) is 12.4. The van der Waals surface area contributed by atoms with E-state index in [2.05, 4.69) is 27.7 Å². The molecule has 7 nitrogen and oxygen atoms in total. The number of esters is 1. The van der Waals surface area contributed by atoms with E-state index < -0.39 is 5.97 Å². The summed E-state index contributed by atoms with van der Waals surface area (Å²) in [5.74, 6) is 0.537. The van der Waals surface area contributed by atoms with E-state index >= 15 is 0 Å². The fourth-order valence-corrected chi connectivity index (χ4v) is 7.65. The van der Waals surface area contributed by atoms with Crippen molar-refractivity contribution < 1.29 is 14.6 Å². The molecule has 3 fully saturated rings. The summed E-state index contributed by atoms with van der Waals surface area (Å²) in [6, 6.07) is 6.87. The molecule has 6 rings (SSSR count). The average molecular weight is 481 g/mol. The Kier molecular flexibility index (Phi) is 5.53. The van der Waals surface area contributed by atoms with Gasteiger partial charge in [0.1, 0.15) is 10.6 Å². The van der Waals surface area contributed by atoms with Crippen LogP contribution in [0.4, 0.5) is 10.7 Å². The van der Waals surface area contributed by atoms with Gasteiger partial charge in [0.2, 0.25) is 0 Å². The third-order valence-corrected chi connectivity index (χ3v) is 9.45. The lowest BCUT2D eigenvalue weighted by atomic mass is 9.95. The summed E-state index contributed by atoms with van der Waals surface area (Å²) < 4.78 is 7.46. The van der Waals surface area contributed by atoms with Crippen molar-refractivity contribution in [2.24, 2.45) is 11.8 Å². The first-order valence-corrected chi connectivity index (χ1v) is 13.3. The van der Waals surface area contributed by atoms with Crippen molar-refractivity contribution in [2.75, 3.05) is 30.8 Å². The first-order chi connectivity index (χ1) is 16.5. The van der Waals surface area contributed by atoms with Gasteiger partial charge in [-0.2, -0.15) is 0 Å². The number of aromatic nitrogens is 2. The molecule has 1 aromatic carbocycles. The van der Waals surface area contributed by atoms with E-state index in [0.717, 1.165) is 52.4 Å². The molecular weight excluding hydrogens is 448 g/mol. The lowest BCUT2D eigenvalue weighted by Gasteiger charge is -2.23. The number of hydrogen-bond donors (Lipinski definition) is 2. The van der Waals surface area contributed by atoms with Crippen molar-refractivity contribution in [1.29, 1.82) is 0 Å². The molecule has 3 heterocycles. The minimum absolute atomic E-state index is 0.193. The van der Waals surface area contributed by atoms with Crippen molar-refractivity contribution in [2.45, 2.75) is 57.1 Å². The van der Waals surface area contributed by atoms with Gasteiger partial charge >= 0.3 is 5.97 Å². The van der Waals surface area contributed by atoms with Gasteiger partial charge in [-0.3, -0.25) is 0 Å². The molecule has 0 bridgehead atoms. The molecule has 8 heteroatoms. The number of carbonyl (C=O) groups excluding carboxylic acids is 1. The van der Waals surface area contributed by atoms with Crippen LogP contribution in [-0.4, -0.2) is 46.9 Å². The smallest absolute Gasteiger partial charge is 0.343 e. The SMILES string of the molecule is COC(=O)c1c(N2C[C@H]3C[C@@H](O)C[C@H]3C2)sc(-c2ccc3c(c2)ncn3C2CCCCC2)c1N. The minimum Gasteiger partial charge on any atom is -0.465 e. The van der Waals surface area contributed by atoms with Crippen LogP contribution in [0.1, 0.15) is 61.3 Å². The number of aliphatic hydroxyl groups is 1. The molecule has 2 saturated carbocycles. The van der Waals surface area contributed by atoms with E-state index in [4.69, 9.17) is 15.5 Å². The minimum atomic E-state index is -0.394. The van der Waals surface area contributed by atoms with Crippen LogP contribution in [-0.2, 0) is 4.74 Å². The quantitative estimate of drug-likeness (QED) is 0.519. The maximum absolute atomic E-state index is 12.8. The molecule has 0 unspecified atom stereocenters. The zero-order valence-corrected chi connectivity index (χ0v) is 20.4. The number of nitrogens with two attached hydrogens (primary N) is 1. The van der Waals surface area contributed by atoms with Gasteiger partial charge in [-0.1, -0.05) is 25.3 Å². The number of methoxy groups -OCH3 is 1. The van der Waals surface area contributed by atoms with Crippen LogP contribution in [0.5, 0.6) is 0 Å². The number of hydrogen-bond acceptors (Lipinski definition) is 7. The third kappa shape index (κ3) is 3.58. The number of aliphatic hydroxyl groups excluding tert-OH is 1. The fourth-order valence-electron chi connectivity index (χ4n) is 6.42. The number of thiophene rings is 1. The van der Waals surface area contributed by atoms with Crippen molar-refractivity contribution in [3.63, 3.8) is 0 Å². The molecule has 0 radical (unpaired) electrons. The largest absolute Gasteiger partial charge is 0.465 e. The van der Waals surface area contributed by atoms with Crippen LogP contribution in [0, 0.1) is 11.8 Å². The summed E-state index contributed by atoms with van der Waals surface area (Å²) in [4.78, 5) is 20.6. The molecule has 3 N–H and O–H groups in total. The zero-order valence-electron chi connectivity index (χ0n) is 19.6. The number of rotatable bonds is 4. The predicted octanol–water partition coefficient (Wildman–Crippen LogP) is 4.85. The Bertz CT molecular complexity index is 1210. The van der Waals surface area contributed by atoms with Gasteiger partial charge in [-0.05, 0) is 55.2 Å². The van der Waals surface area contributed by atoms with Crippen molar-refractivity contribution in [3.8, 4) is 10.4 Å². The highest BCUT2D eigenvalue weighted by Gasteiger charge is 2.42. The van der Waals surface area contributed by atoms with Crippen LogP contribution < -0.4 is 10.6 Å². The number of benzene rings is 1. The van der Waals surface area contributed by atoms with Crippen molar-refractivity contribution in [3.05, 3.63) is 30.1 Å². The van der Waals surface area contributed by atoms with Gasteiger partial charge in [-0.25, -0.2) is 9.78 Å².